The highest BCUT2D eigenvalue weighted by Gasteiger charge is 2.36. The Labute approximate surface area is 206 Å². The van der Waals surface area contributed by atoms with Gasteiger partial charge in [0.05, 0.1) is 23.8 Å². The molecule has 184 valence electrons. The van der Waals surface area contributed by atoms with Crippen LogP contribution in [0, 0.1) is 11.6 Å². The zero-order valence-corrected chi connectivity index (χ0v) is 19.5. The second-order valence-corrected chi connectivity index (χ2v) is 8.39. The number of aliphatic hydroxyl groups is 1. The molecule has 0 aromatic heterocycles. The van der Waals surface area contributed by atoms with Gasteiger partial charge in [-0.15, -0.1) is 0 Å². The molecule has 7 nitrogen and oxygen atoms in total. The third-order valence-corrected chi connectivity index (χ3v) is 5.80. The van der Waals surface area contributed by atoms with Crippen LogP contribution in [0.1, 0.15) is 25.5 Å². The van der Waals surface area contributed by atoms with Gasteiger partial charge in [-0.25, -0.2) is 8.78 Å². The van der Waals surface area contributed by atoms with Crippen molar-refractivity contribution in [3.8, 4) is 11.1 Å². The summed E-state index contributed by atoms with van der Waals surface area (Å²) in [5, 5.41) is 15.7. The Kier molecular flexibility index (Phi) is 6.82. The van der Waals surface area contributed by atoms with Crippen molar-refractivity contribution < 1.29 is 28.3 Å². The summed E-state index contributed by atoms with van der Waals surface area (Å²) in [5.74, 6) is -4.35. The van der Waals surface area contributed by atoms with Gasteiger partial charge in [0.2, 0.25) is 5.91 Å². The molecule has 3 aromatic rings. The minimum Gasteiger partial charge on any atom is -0.503 e. The fourth-order valence-electron chi connectivity index (χ4n) is 3.94. The lowest BCUT2D eigenvalue weighted by Crippen LogP contribution is -2.32. The Morgan fingerprint density at radius 2 is 1.72 bits per heavy atom. The van der Waals surface area contributed by atoms with Gasteiger partial charge in [-0.05, 0) is 53.9 Å². The largest absolute Gasteiger partial charge is 0.503 e. The first-order valence-corrected chi connectivity index (χ1v) is 11.1. The molecular weight excluding hydrogens is 468 g/mol. The van der Waals surface area contributed by atoms with Crippen LogP contribution in [0.3, 0.4) is 0 Å². The standard InChI is InChI=1S/C27H23F2N3O4/c1-15(18-4-3-5-19(12-18)17-6-9-21(10-7-17)31-16(2)33)30-26(35)22-14-32(27(36)25(22)34)24-11-8-20(28)13-23(24)29/h3-13,15,34H,14H2,1-2H3,(H,30,35)(H,31,33). The molecule has 36 heavy (non-hydrogen) atoms. The van der Waals surface area contributed by atoms with Gasteiger partial charge in [-0.3, -0.25) is 19.3 Å². The Balaban J connectivity index is 1.48. The van der Waals surface area contributed by atoms with Gasteiger partial charge in [0.25, 0.3) is 11.8 Å². The summed E-state index contributed by atoms with van der Waals surface area (Å²) in [7, 11) is 0. The smallest absolute Gasteiger partial charge is 0.294 e. The lowest BCUT2D eigenvalue weighted by molar-refractivity contribution is -0.119. The number of benzene rings is 3. The van der Waals surface area contributed by atoms with E-state index in [2.05, 4.69) is 10.6 Å². The molecule has 4 rings (SSSR count). The van der Waals surface area contributed by atoms with Crippen molar-refractivity contribution in [1.29, 1.82) is 0 Å². The summed E-state index contributed by atoms with van der Waals surface area (Å²) in [5.41, 5.74) is 2.80. The second kappa shape index (κ2) is 9.99. The van der Waals surface area contributed by atoms with E-state index < -0.39 is 35.2 Å². The highest BCUT2D eigenvalue weighted by Crippen LogP contribution is 2.29. The van der Waals surface area contributed by atoms with Crippen LogP contribution in [-0.4, -0.2) is 29.4 Å². The fraction of sp³-hybridized carbons (Fsp3) is 0.148. The van der Waals surface area contributed by atoms with Gasteiger partial charge in [-0.2, -0.15) is 0 Å². The van der Waals surface area contributed by atoms with Crippen LogP contribution in [0.15, 0.2) is 78.1 Å². The second-order valence-electron chi connectivity index (χ2n) is 8.39. The highest BCUT2D eigenvalue weighted by atomic mass is 19.1. The van der Waals surface area contributed by atoms with Crippen molar-refractivity contribution in [3.63, 3.8) is 0 Å². The molecule has 0 bridgehead atoms. The third kappa shape index (κ3) is 5.10. The number of carbonyl (C=O) groups excluding carboxylic acids is 3. The van der Waals surface area contributed by atoms with Crippen LogP contribution in [0.25, 0.3) is 11.1 Å². The lowest BCUT2D eigenvalue weighted by atomic mass is 9.99. The van der Waals surface area contributed by atoms with E-state index in [0.29, 0.717) is 11.8 Å². The fourth-order valence-corrected chi connectivity index (χ4v) is 3.94. The maximum atomic E-state index is 14.2. The first-order valence-electron chi connectivity index (χ1n) is 11.1. The minimum absolute atomic E-state index is 0.162. The summed E-state index contributed by atoms with van der Waals surface area (Å²) >= 11 is 0. The third-order valence-electron chi connectivity index (χ3n) is 5.80. The van der Waals surface area contributed by atoms with Crippen molar-refractivity contribution in [2.45, 2.75) is 19.9 Å². The number of hydrogen-bond acceptors (Lipinski definition) is 4. The molecule has 0 radical (unpaired) electrons. The van der Waals surface area contributed by atoms with Crippen molar-refractivity contribution in [2.75, 3.05) is 16.8 Å². The predicted octanol–water partition coefficient (Wildman–Crippen LogP) is 4.63. The average molecular weight is 491 g/mol. The minimum atomic E-state index is -0.979. The molecule has 0 spiro atoms. The van der Waals surface area contributed by atoms with E-state index in [0.717, 1.165) is 33.7 Å². The van der Waals surface area contributed by atoms with Crippen molar-refractivity contribution >= 4 is 29.1 Å². The van der Waals surface area contributed by atoms with Gasteiger partial charge in [0.1, 0.15) is 11.6 Å². The van der Waals surface area contributed by atoms with Crippen LogP contribution >= 0.6 is 0 Å². The summed E-state index contributed by atoms with van der Waals surface area (Å²) < 4.78 is 27.4. The molecule has 0 saturated heterocycles. The van der Waals surface area contributed by atoms with E-state index in [1.54, 1.807) is 19.1 Å². The van der Waals surface area contributed by atoms with E-state index in [-0.39, 0.29) is 23.7 Å². The van der Waals surface area contributed by atoms with Crippen molar-refractivity contribution in [2.24, 2.45) is 0 Å². The van der Waals surface area contributed by atoms with Crippen LogP contribution in [-0.2, 0) is 14.4 Å². The van der Waals surface area contributed by atoms with Crippen LogP contribution < -0.4 is 15.5 Å². The number of halogens is 2. The van der Waals surface area contributed by atoms with Gasteiger partial charge >= 0.3 is 0 Å². The lowest BCUT2D eigenvalue weighted by Gasteiger charge is -2.18. The number of nitrogens with zero attached hydrogens (tertiary/aromatic N) is 1. The Morgan fingerprint density at radius 3 is 2.39 bits per heavy atom. The summed E-state index contributed by atoms with van der Waals surface area (Å²) in [6.07, 6.45) is 0. The molecule has 3 N–H and O–H groups in total. The molecule has 0 fully saturated rings. The molecule has 1 aliphatic heterocycles. The first-order chi connectivity index (χ1) is 17.1. The first kappa shape index (κ1) is 24.6. The van der Waals surface area contributed by atoms with Gasteiger partial charge < -0.3 is 15.7 Å². The molecular formula is C27H23F2N3O4. The quantitative estimate of drug-likeness (QED) is 0.468. The topological polar surface area (TPSA) is 98.7 Å². The van der Waals surface area contributed by atoms with Crippen LogP contribution in [0.2, 0.25) is 0 Å². The van der Waals surface area contributed by atoms with Crippen LogP contribution in [0.4, 0.5) is 20.2 Å². The number of anilines is 2. The Morgan fingerprint density at radius 1 is 1.00 bits per heavy atom. The number of rotatable bonds is 6. The maximum absolute atomic E-state index is 14.2. The Bertz CT molecular complexity index is 1390. The molecule has 0 saturated carbocycles. The van der Waals surface area contributed by atoms with Gasteiger partial charge in [0.15, 0.2) is 5.76 Å². The number of carbonyl (C=O) groups is 3. The molecule has 3 amide bonds. The van der Waals surface area contributed by atoms with Crippen molar-refractivity contribution in [3.05, 3.63) is 95.3 Å². The van der Waals surface area contributed by atoms with E-state index >= 15 is 0 Å². The Hall–Kier alpha value is -4.53. The zero-order chi connectivity index (χ0) is 26.0. The van der Waals surface area contributed by atoms with E-state index in [1.807, 2.05) is 36.4 Å². The summed E-state index contributed by atoms with van der Waals surface area (Å²) in [4.78, 5) is 37.4. The molecule has 9 heteroatoms. The maximum Gasteiger partial charge on any atom is 0.294 e. The van der Waals surface area contributed by atoms with E-state index in [4.69, 9.17) is 0 Å². The monoisotopic (exact) mass is 491 g/mol. The van der Waals surface area contributed by atoms with E-state index in [1.165, 1.54) is 6.92 Å². The summed E-state index contributed by atoms with van der Waals surface area (Å²) in [6, 6.07) is 17.0. The molecule has 1 aliphatic rings. The average Bonchev–Trinajstić information content (AvgIpc) is 3.13. The number of nitrogens with one attached hydrogen (secondary N) is 2. The molecule has 1 atom stereocenters. The molecule has 1 heterocycles. The molecule has 0 aliphatic carbocycles. The number of hydrogen-bond donors (Lipinski definition) is 3. The van der Waals surface area contributed by atoms with Gasteiger partial charge in [0, 0.05) is 18.7 Å². The van der Waals surface area contributed by atoms with Gasteiger partial charge in [-0.1, -0.05) is 30.3 Å². The predicted molar refractivity (Wildman–Crippen MR) is 131 cm³/mol. The van der Waals surface area contributed by atoms with Crippen LogP contribution in [0.5, 0.6) is 0 Å². The number of aliphatic hydroxyl groups excluding tert-OH is 1. The van der Waals surface area contributed by atoms with E-state index in [9.17, 15) is 28.3 Å². The molecule has 1 unspecified atom stereocenters. The van der Waals surface area contributed by atoms with Crippen molar-refractivity contribution in [1.82, 2.24) is 5.32 Å². The SMILES string of the molecule is CC(=O)Nc1ccc(-c2cccc(C(C)NC(=O)C3=C(O)C(=O)N(c4ccc(F)cc4F)C3)c2)cc1. The zero-order valence-electron chi connectivity index (χ0n) is 19.5. The normalized spacial score (nSPS) is 14.1. The summed E-state index contributed by atoms with van der Waals surface area (Å²) in [6.45, 7) is 2.83. The highest BCUT2D eigenvalue weighted by molar-refractivity contribution is 6.14. The molecule has 3 aromatic carbocycles. The number of amides is 3.